The van der Waals surface area contributed by atoms with E-state index in [2.05, 4.69) is 16.5 Å². The average molecular weight is 308 g/mol. The van der Waals surface area contributed by atoms with Gasteiger partial charge >= 0.3 is 0 Å². The summed E-state index contributed by atoms with van der Waals surface area (Å²) in [7, 11) is 1.68. The highest BCUT2D eigenvalue weighted by Crippen LogP contribution is 2.27. The van der Waals surface area contributed by atoms with E-state index in [1.54, 1.807) is 13.3 Å². The second kappa shape index (κ2) is 5.91. The molecule has 0 saturated heterocycles. The Balaban J connectivity index is 1.74. The van der Waals surface area contributed by atoms with Crippen LogP contribution >= 0.6 is 0 Å². The molecule has 0 bridgehead atoms. The van der Waals surface area contributed by atoms with Crippen LogP contribution in [0.3, 0.4) is 0 Å². The minimum Gasteiger partial charge on any atom is -0.497 e. The minimum absolute atomic E-state index is 0.536. The van der Waals surface area contributed by atoms with Crippen LogP contribution in [0.25, 0.3) is 16.9 Å². The zero-order valence-electron chi connectivity index (χ0n) is 13.2. The summed E-state index contributed by atoms with van der Waals surface area (Å²) < 4.78 is 7.11. The number of fused-ring (bicyclic) bond motifs is 1. The highest BCUT2D eigenvalue weighted by Gasteiger charge is 2.17. The lowest BCUT2D eigenvalue weighted by atomic mass is 10.1. The molecule has 1 aromatic carbocycles. The number of rotatable bonds is 4. The molecule has 0 atom stereocenters. The second-order valence-electron chi connectivity index (χ2n) is 5.98. The van der Waals surface area contributed by atoms with Gasteiger partial charge in [0.15, 0.2) is 5.65 Å². The van der Waals surface area contributed by atoms with Gasteiger partial charge in [-0.3, -0.25) is 0 Å². The lowest BCUT2D eigenvalue weighted by molar-refractivity contribution is 0.415. The molecule has 2 heterocycles. The molecule has 3 aromatic rings. The van der Waals surface area contributed by atoms with Crippen molar-refractivity contribution < 1.29 is 4.74 Å². The average Bonchev–Trinajstić information content (AvgIpc) is 3.26. The summed E-state index contributed by atoms with van der Waals surface area (Å²) in [5, 5.41) is 8.03. The van der Waals surface area contributed by atoms with Gasteiger partial charge in [-0.15, -0.1) is 0 Å². The number of anilines is 1. The quantitative estimate of drug-likeness (QED) is 0.797. The van der Waals surface area contributed by atoms with E-state index in [0.29, 0.717) is 6.04 Å². The van der Waals surface area contributed by atoms with E-state index in [0.717, 1.165) is 28.5 Å². The molecule has 5 nitrogen and oxygen atoms in total. The van der Waals surface area contributed by atoms with E-state index in [1.807, 2.05) is 34.8 Å². The van der Waals surface area contributed by atoms with Crippen molar-refractivity contribution in [2.75, 3.05) is 12.4 Å². The molecule has 0 amide bonds. The number of methoxy groups -OCH3 is 1. The van der Waals surface area contributed by atoms with Crippen molar-refractivity contribution in [1.82, 2.24) is 14.6 Å². The van der Waals surface area contributed by atoms with E-state index in [4.69, 9.17) is 9.72 Å². The van der Waals surface area contributed by atoms with Crippen molar-refractivity contribution in [3.05, 3.63) is 42.6 Å². The number of aromatic nitrogens is 3. The SMILES string of the molecule is COc1ccc(-c2cc(NC3CCCC3)n3nccc3n2)cc1. The van der Waals surface area contributed by atoms with Crippen molar-refractivity contribution >= 4 is 11.5 Å². The Morgan fingerprint density at radius 1 is 1.13 bits per heavy atom. The van der Waals surface area contributed by atoms with Gasteiger partial charge in [-0.05, 0) is 37.1 Å². The molecule has 4 rings (SSSR count). The van der Waals surface area contributed by atoms with E-state index >= 15 is 0 Å². The molecule has 1 saturated carbocycles. The first-order chi connectivity index (χ1) is 11.3. The number of hydrogen-bond donors (Lipinski definition) is 1. The van der Waals surface area contributed by atoms with Crippen molar-refractivity contribution in [2.45, 2.75) is 31.7 Å². The highest BCUT2D eigenvalue weighted by molar-refractivity contribution is 5.67. The summed E-state index contributed by atoms with van der Waals surface area (Å²) in [6.45, 7) is 0. The van der Waals surface area contributed by atoms with Gasteiger partial charge in [-0.25, -0.2) is 4.98 Å². The summed E-state index contributed by atoms with van der Waals surface area (Å²) in [6, 6.07) is 12.5. The Kier molecular flexibility index (Phi) is 3.61. The predicted molar refractivity (Wildman–Crippen MR) is 90.9 cm³/mol. The van der Waals surface area contributed by atoms with Crippen molar-refractivity contribution in [3.63, 3.8) is 0 Å². The molecule has 23 heavy (non-hydrogen) atoms. The Bertz CT molecular complexity index is 804. The maximum absolute atomic E-state index is 5.23. The molecule has 0 radical (unpaired) electrons. The van der Waals surface area contributed by atoms with Crippen LogP contribution in [0.2, 0.25) is 0 Å². The summed E-state index contributed by atoms with van der Waals surface area (Å²) >= 11 is 0. The smallest absolute Gasteiger partial charge is 0.157 e. The molecule has 1 N–H and O–H groups in total. The second-order valence-corrected chi connectivity index (χ2v) is 5.98. The van der Waals surface area contributed by atoms with Gasteiger partial charge in [0.1, 0.15) is 11.6 Å². The molecule has 0 aliphatic heterocycles. The maximum Gasteiger partial charge on any atom is 0.157 e. The summed E-state index contributed by atoms with van der Waals surface area (Å²) in [5.41, 5.74) is 2.88. The molecular formula is C18H20N4O. The topological polar surface area (TPSA) is 51.5 Å². The molecule has 118 valence electrons. The third-order valence-electron chi connectivity index (χ3n) is 4.45. The Labute approximate surface area is 135 Å². The Morgan fingerprint density at radius 2 is 1.91 bits per heavy atom. The molecule has 1 aliphatic rings. The van der Waals surface area contributed by atoms with Crippen LogP contribution in [-0.4, -0.2) is 27.7 Å². The van der Waals surface area contributed by atoms with Crippen molar-refractivity contribution in [1.29, 1.82) is 0 Å². The summed E-state index contributed by atoms with van der Waals surface area (Å²) in [6.07, 6.45) is 6.85. The van der Waals surface area contributed by atoms with Gasteiger partial charge in [0.2, 0.25) is 0 Å². The molecular weight excluding hydrogens is 288 g/mol. The maximum atomic E-state index is 5.23. The molecule has 0 spiro atoms. The van der Waals surface area contributed by atoms with E-state index < -0.39 is 0 Å². The van der Waals surface area contributed by atoms with Gasteiger partial charge in [-0.2, -0.15) is 9.61 Å². The van der Waals surface area contributed by atoms with Gasteiger partial charge in [0, 0.05) is 23.7 Å². The lowest BCUT2D eigenvalue weighted by Crippen LogP contribution is -2.17. The van der Waals surface area contributed by atoms with E-state index in [-0.39, 0.29) is 0 Å². The van der Waals surface area contributed by atoms with Crippen LogP contribution in [0, 0.1) is 0 Å². The normalized spacial score (nSPS) is 15.2. The van der Waals surface area contributed by atoms with Gasteiger partial charge in [0.05, 0.1) is 19.0 Å². The van der Waals surface area contributed by atoms with E-state index in [1.165, 1.54) is 25.7 Å². The van der Waals surface area contributed by atoms with Gasteiger partial charge in [0.25, 0.3) is 0 Å². The summed E-state index contributed by atoms with van der Waals surface area (Å²) in [4.78, 5) is 4.72. The Hall–Kier alpha value is -2.56. The fourth-order valence-corrected chi connectivity index (χ4v) is 3.20. The van der Waals surface area contributed by atoms with Crippen LogP contribution in [0.1, 0.15) is 25.7 Å². The number of nitrogens with zero attached hydrogens (tertiary/aromatic N) is 3. The predicted octanol–water partition coefficient (Wildman–Crippen LogP) is 3.76. The molecule has 2 aromatic heterocycles. The largest absolute Gasteiger partial charge is 0.497 e. The summed E-state index contributed by atoms with van der Waals surface area (Å²) in [5.74, 6) is 1.86. The van der Waals surface area contributed by atoms with Crippen LogP contribution in [0.15, 0.2) is 42.6 Å². The number of benzene rings is 1. The number of nitrogens with one attached hydrogen (secondary N) is 1. The molecule has 5 heteroatoms. The first-order valence-electron chi connectivity index (χ1n) is 8.09. The fourth-order valence-electron chi connectivity index (χ4n) is 3.20. The third kappa shape index (κ3) is 2.74. The molecule has 1 aliphatic carbocycles. The molecule has 0 unspecified atom stereocenters. The van der Waals surface area contributed by atoms with E-state index in [9.17, 15) is 0 Å². The third-order valence-corrected chi connectivity index (χ3v) is 4.45. The van der Waals surface area contributed by atoms with Crippen LogP contribution in [0.5, 0.6) is 5.75 Å². The lowest BCUT2D eigenvalue weighted by Gasteiger charge is -2.15. The fraction of sp³-hybridized carbons (Fsp3) is 0.333. The van der Waals surface area contributed by atoms with Crippen LogP contribution in [-0.2, 0) is 0 Å². The van der Waals surface area contributed by atoms with Crippen LogP contribution < -0.4 is 10.1 Å². The standard InChI is InChI=1S/C18H20N4O/c1-23-15-8-6-13(7-9-15)16-12-18(20-14-4-2-3-5-14)22-17(21-16)10-11-19-22/h6-12,14,20H,2-5H2,1H3. The Morgan fingerprint density at radius 3 is 2.65 bits per heavy atom. The van der Waals surface area contributed by atoms with Crippen LogP contribution in [0.4, 0.5) is 5.82 Å². The molecule has 1 fully saturated rings. The monoisotopic (exact) mass is 308 g/mol. The van der Waals surface area contributed by atoms with Crippen molar-refractivity contribution in [2.24, 2.45) is 0 Å². The van der Waals surface area contributed by atoms with Gasteiger partial charge in [-0.1, -0.05) is 12.8 Å². The van der Waals surface area contributed by atoms with Crippen molar-refractivity contribution in [3.8, 4) is 17.0 Å². The van der Waals surface area contributed by atoms with Gasteiger partial charge < -0.3 is 10.1 Å². The zero-order chi connectivity index (χ0) is 15.6. The number of hydrogen-bond acceptors (Lipinski definition) is 4. The first-order valence-corrected chi connectivity index (χ1v) is 8.09. The highest BCUT2D eigenvalue weighted by atomic mass is 16.5. The minimum atomic E-state index is 0.536. The zero-order valence-corrected chi connectivity index (χ0v) is 13.2. The number of ether oxygens (including phenoxy) is 1. The first kappa shape index (κ1) is 14.1.